The number of carboxylic acid groups (broad SMARTS) is 2. The first-order chi connectivity index (χ1) is 21.0. The normalized spacial score (nSPS) is 12.6. The van der Waals surface area contributed by atoms with Crippen molar-refractivity contribution in [3.05, 3.63) is 94.6 Å². The third-order valence-electron chi connectivity index (χ3n) is 8.06. The van der Waals surface area contributed by atoms with E-state index in [2.05, 4.69) is 38.1 Å². The Morgan fingerprint density at radius 3 is 1.50 bits per heavy atom. The van der Waals surface area contributed by atoms with Crippen LogP contribution < -0.4 is 9.97 Å². The zero-order valence-corrected chi connectivity index (χ0v) is 26.7. The number of carboxylic acids is 2. The fraction of sp³-hybridized carbons (Fsp3) is 0.235. The molecule has 0 aromatic carbocycles. The van der Waals surface area contributed by atoms with Crippen LogP contribution in [-0.4, -0.2) is 32.1 Å². The van der Waals surface area contributed by atoms with E-state index in [9.17, 15) is 19.8 Å². The van der Waals surface area contributed by atoms with Crippen LogP contribution in [0.1, 0.15) is 71.7 Å². The van der Waals surface area contributed by atoms with Crippen molar-refractivity contribution in [2.24, 2.45) is 0 Å². The molecule has 8 bridgehead atoms. The number of fused-ring (bicyclic) bond motifs is 8. The number of nitrogens with zero attached hydrogens (tertiary/aromatic N) is 4. The van der Waals surface area contributed by atoms with E-state index in [1.165, 1.54) is 0 Å². The molecule has 0 saturated carbocycles. The van der Waals surface area contributed by atoms with Gasteiger partial charge in [0.2, 0.25) is 0 Å². The molecule has 2 N–H and O–H groups in total. The van der Waals surface area contributed by atoms with E-state index >= 15 is 0 Å². The van der Waals surface area contributed by atoms with Crippen molar-refractivity contribution in [2.45, 2.75) is 53.4 Å². The first-order valence-electron chi connectivity index (χ1n) is 13.9. The average molecular weight is 655 g/mol. The summed E-state index contributed by atoms with van der Waals surface area (Å²) < 4.78 is 0. The second kappa shape index (κ2) is 13.6. The van der Waals surface area contributed by atoms with Crippen LogP contribution >= 0.6 is 10.1 Å². The van der Waals surface area contributed by atoms with Gasteiger partial charge in [0, 0.05) is 24.0 Å². The topological polar surface area (TPSA) is 129 Å². The molecule has 3 aromatic heterocycles. The van der Waals surface area contributed by atoms with Crippen LogP contribution in [-0.2, 0) is 37.3 Å². The number of hydrogen-bond acceptors (Lipinski definition) is 4. The van der Waals surface area contributed by atoms with E-state index in [-0.39, 0.29) is 12.8 Å². The van der Waals surface area contributed by atoms with E-state index < -0.39 is 11.9 Å². The van der Waals surface area contributed by atoms with Crippen molar-refractivity contribution in [3.63, 3.8) is 0 Å². The zero-order valence-electron chi connectivity index (χ0n) is 24.9. The van der Waals surface area contributed by atoms with Gasteiger partial charge in [-0.3, -0.25) is 9.59 Å². The molecule has 0 aliphatic carbocycles. The minimum atomic E-state index is -0.898. The van der Waals surface area contributed by atoms with Gasteiger partial charge in [-0.25, -0.2) is 9.97 Å². The monoisotopic (exact) mass is 654 g/mol. The summed E-state index contributed by atoms with van der Waals surface area (Å²) in [4.78, 5) is 42.7. The Kier molecular flexibility index (Phi) is 10.1. The molecule has 0 unspecified atom stereocenters. The fourth-order valence-corrected chi connectivity index (χ4v) is 5.61. The molecule has 0 spiro atoms. The summed E-state index contributed by atoms with van der Waals surface area (Å²) in [5.41, 5.74) is 12.6. The van der Waals surface area contributed by atoms with Crippen LogP contribution in [0.3, 0.4) is 0 Å². The fourth-order valence-electron chi connectivity index (χ4n) is 5.61. The van der Waals surface area contributed by atoms with Gasteiger partial charge >= 0.3 is 36.9 Å². The summed E-state index contributed by atoms with van der Waals surface area (Å²) in [6.45, 7) is 15.9. The number of allylic oxidation sites excluding steroid dienone is 6. The standard InChI is InChI=1S/C34H34N4O4.ClH.Co/c1-7-21-17(3)25-13-26-19(5)23(9-11-33(39)40)31(37-26)16-32-24(10-12-34(41)42)20(6)28(38-32)15-30-22(8-2)18(4)27(36-30)14-29(21)35-25;;/h7-8,13-16H,1-2,9-12H2,3-6H3,(H4,35,36,37,38,39,40,41,42);1H;/q;;+3/p-3. The Bertz CT molecular complexity index is 1930. The van der Waals surface area contributed by atoms with Crippen LogP contribution in [0.15, 0.2) is 49.6 Å². The summed E-state index contributed by atoms with van der Waals surface area (Å²) in [5, 5.41) is 18.9. The van der Waals surface area contributed by atoms with Gasteiger partial charge in [0.1, 0.15) is 0 Å². The SMILES string of the molecule is C=CC1=C(C)c2cc3[n-]c(cc4[n-]c(cc5nc(cc1n2)C(C)=C5C=C)c(C)c4CCC(=O)O)c(CCC(=O)O)c3C.[Cl][Co+2]. The van der Waals surface area contributed by atoms with Crippen LogP contribution in [0.2, 0.25) is 0 Å². The van der Waals surface area contributed by atoms with Gasteiger partial charge in [-0.1, -0.05) is 65.8 Å². The molecular weight excluding hydrogens is 623 g/mol. The molecule has 0 saturated heterocycles. The van der Waals surface area contributed by atoms with Gasteiger partial charge in [0.05, 0.1) is 22.8 Å². The molecule has 5 rings (SSSR count). The molecule has 0 fully saturated rings. The first kappa shape index (κ1) is 32.7. The van der Waals surface area contributed by atoms with Crippen LogP contribution in [0.5, 0.6) is 0 Å². The molecule has 2 aliphatic heterocycles. The predicted molar refractivity (Wildman–Crippen MR) is 172 cm³/mol. The van der Waals surface area contributed by atoms with E-state index in [0.717, 1.165) is 61.6 Å². The molecule has 0 atom stereocenters. The van der Waals surface area contributed by atoms with Crippen molar-refractivity contribution < 1.29 is 34.6 Å². The van der Waals surface area contributed by atoms with Gasteiger partial charge in [0.15, 0.2) is 0 Å². The molecule has 228 valence electrons. The Morgan fingerprint density at radius 1 is 0.705 bits per heavy atom. The number of carbonyl (C=O) groups is 2. The van der Waals surface area contributed by atoms with Gasteiger partial charge in [0.25, 0.3) is 0 Å². The van der Waals surface area contributed by atoms with Gasteiger partial charge in [-0.15, -0.1) is 22.1 Å². The second-order valence-corrected chi connectivity index (χ2v) is 10.6. The number of hydrogen-bond donors (Lipinski definition) is 2. The number of aliphatic carboxylic acids is 2. The maximum atomic E-state index is 11.5. The Hall–Kier alpha value is -4.18. The molecular formula is C34H32ClCoN4O4. The Balaban J connectivity index is 0.00000216. The molecule has 8 nitrogen and oxygen atoms in total. The Labute approximate surface area is 268 Å². The Morgan fingerprint density at radius 2 is 1.09 bits per heavy atom. The summed E-state index contributed by atoms with van der Waals surface area (Å²) in [7, 11) is 4.33. The molecule has 10 heteroatoms. The molecule has 0 amide bonds. The number of halogens is 1. The van der Waals surface area contributed by atoms with E-state index in [1.807, 2.05) is 52.0 Å². The number of aryl methyl sites for hydroxylation is 4. The second-order valence-electron chi connectivity index (χ2n) is 10.6. The number of aromatic nitrogens is 4. The van der Waals surface area contributed by atoms with Crippen molar-refractivity contribution in [1.82, 2.24) is 19.9 Å². The maximum absolute atomic E-state index is 11.5. The van der Waals surface area contributed by atoms with Gasteiger partial charge in [-0.2, -0.15) is 0 Å². The minimum absolute atomic E-state index is 0.0486. The van der Waals surface area contributed by atoms with E-state index in [0.29, 0.717) is 40.6 Å². The van der Waals surface area contributed by atoms with E-state index in [4.69, 9.17) is 19.9 Å². The van der Waals surface area contributed by atoms with Crippen molar-refractivity contribution in [2.75, 3.05) is 0 Å². The summed E-state index contributed by atoms with van der Waals surface area (Å²) >= 11 is 3.03. The molecule has 2 aliphatic rings. The van der Waals surface area contributed by atoms with Gasteiger partial charge < -0.3 is 20.2 Å². The first-order valence-corrected chi connectivity index (χ1v) is 15.3. The number of rotatable bonds is 8. The quantitative estimate of drug-likeness (QED) is 0.262. The molecule has 0 radical (unpaired) electrons. The molecule has 5 heterocycles. The average Bonchev–Trinajstić information content (AvgIpc) is 3.64. The van der Waals surface area contributed by atoms with Crippen LogP contribution in [0.4, 0.5) is 0 Å². The van der Waals surface area contributed by atoms with Crippen molar-refractivity contribution in [1.29, 1.82) is 0 Å². The van der Waals surface area contributed by atoms with Crippen LogP contribution in [0, 0.1) is 13.8 Å². The summed E-state index contributed by atoms with van der Waals surface area (Å²) in [6, 6.07) is 7.62. The zero-order chi connectivity index (χ0) is 32.3. The van der Waals surface area contributed by atoms with Crippen LogP contribution in [0.25, 0.3) is 44.4 Å². The van der Waals surface area contributed by atoms with Crippen molar-refractivity contribution in [3.8, 4) is 0 Å². The van der Waals surface area contributed by atoms with Crippen molar-refractivity contribution >= 4 is 66.4 Å². The predicted octanol–water partition coefficient (Wildman–Crippen LogP) is 7.14. The molecule has 44 heavy (non-hydrogen) atoms. The van der Waals surface area contributed by atoms with Gasteiger partial charge in [-0.05, 0) is 57.7 Å². The molecule has 3 aromatic rings. The summed E-state index contributed by atoms with van der Waals surface area (Å²) in [6.07, 6.45) is 4.06. The third-order valence-corrected chi connectivity index (χ3v) is 8.06. The third kappa shape index (κ3) is 6.35. The van der Waals surface area contributed by atoms with E-state index in [1.54, 1.807) is 12.2 Å². The summed E-state index contributed by atoms with van der Waals surface area (Å²) in [5.74, 6) is -1.80.